The van der Waals surface area contributed by atoms with E-state index in [0.29, 0.717) is 12.0 Å². The van der Waals surface area contributed by atoms with Gasteiger partial charge in [-0.1, -0.05) is 12.1 Å². The van der Waals surface area contributed by atoms with Gasteiger partial charge in [-0.25, -0.2) is 4.98 Å². The largest absolute Gasteiger partial charge is 0.409 e. The van der Waals surface area contributed by atoms with E-state index in [9.17, 15) is 0 Å². The molecule has 0 spiro atoms. The Morgan fingerprint density at radius 3 is 2.89 bits per heavy atom. The van der Waals surface area contributed by atoms with E-state index in [0.717, 1.165) is 23.6 Å². The Bertz CT molecular complexity index is 486. The minimum absolute atomic E-state index is 0.129. The second-order valence-corrected chi connectivity index (χ2v) is 5.39. The molecule has 0 radical (unpaired) electrons. The van der Waals surface area contributed by atoms with Crippen molar-refractivity contribution in [3.63, 3.8) is 0 Å². The zero-order chi connectivity index (χ0) is 14.0. The highest BCUT2D eigenvalue weighted by Gasteiger charge is 2.26. The third-order valence-electron chi connectivity index (χ3n) is 4.01. The Hall–Kier alpha value is -1.78. The SMILES string of the molecule is Cc1cc(/C(N)=N/O)cc(N2CCCC(C)C2C)n1. The Morgan fingerprint density at radius 2 is 2.21 bits per heavy atom. The maximum Gasteiger partial charge on any atom is 0.170 e. The van der Waals surface area contributed by atoms with Gasteiger partial charge in [-0.05, 0) is 44.7 Å². The van der Waals surface area contributed by atoms with Gasteiger partial charge in [0, 0.05) is 23.8 Å². The van der Waals surface area contributed by atoms with Gasteiger partial charge in [-0.3, -0.25) is 0 Å². The molecule has 19 heavy (non-hydrogen) atoms. The fourth-order valence-electron chi connectivity index (χ4n) is 2.66. The van der Waals surface area contributed by atoms with E-state index in [-0.39, 0.29) is 5.84 Å². The summed E-state index contributed by atoms with van der Waals surface area (Å²) in [5.74, 6) is 1.70. The average Bonchev–Trinajstić information content (AvgIpc) is 2.40. The molecule has 5 heteroatoms. The molecule has 1 aromatic rings. The minimum atomic E-state index is 0.129. The summed E-state index contributed by atoms with van der Waals surface area (Å²) in [5.41, 5.74) is 7.27. The number of piperidine rings is 1. The number of nitrogens with two attached hydrogens (primary N) is 1. The molecule has 2 rings (SSSR count). The van der Waals surface area contributed by atoms with Crippen molar-refractivity contribution in [2.75, 3.05) is 11.4 Å². The lowest BCUT2D eigenvalue weighted by Crippen LogP contribution is -2.43. The van der Waals surface area contributed by atoms with Crippen LogP contribution in [0.2, 0.25) is 0 Å². The van der Waals surface area contributed by atoms with E-state index < -0.39 is 0 Å². The predicted octanol–water partition coefficient (Wildman–Crippen LogP) is 2.11. The number of aryl methyl sites for hydroxylation is 1. The summed E-state index contributed by atoms with van der Waals surface area (Å²) in [4.78, 5) is 6.91. The summed E-state index contributed by atoms with van der Waals surface area (Å²) in [6, 6.07) is 4.19. The first-order valence-corrected chi connectivity index (χ1v) is 6.76. The van der Waals surface area contributed by atoms with Crippen LogP contribution in [0.3, 0.4) is 0 Å². The molecule has 104 valence electrons. The van der Waals surface area contributed by atoms with Crippen LogP contribution in [0.4, 0.5) is 5.82 Å². The van der Waals surface area contributed by atoms with Crippen LogP contribution in [0.25, 0.3) is 0 Å². The third kappa shape index (κ3) is 2.80. The molecule has 2 unspecified atom stereocenters. The predicted molar refractivity (Wildman–Crippen MR) is 76.7 cm³/mol. The summed E-state index contributed by atoms with van der Waals surface area (Å²) in [6.45, 7) is 7.45. The molecule has 1 saturated heterocycles. The number of amidine groups is 1. The number of pyridine rings is 1. The molecule has 0 aliphatic carbocycles. The molecule has 0 saturated carbocycles. The van der Waals surface area contributed by atoms with E-state index in [4.69, 9.17) is 10.9 Å². The van der Waals surface area contributed by atoms with Crippen LogP contribution in [-0.4, -0.2) is 28.6 Å². The molecule has 0 bridgehead atoms. The van der Waals surface area contributed by atoms with Crippen LogP contribution < -0.4 is 10.6 Å². The maximum atomic E-state index is 8.80. The van der Waals surface area contributed by atoms with Crippen molar-refractivity contribution in [2.24, 2.45) is 16.8 Å². The topological polar surface area (TPSA) is 74.7 Å². The molecule has 2 heterocycles. The summed E-state index contributed by atoms with van der Waals surface area (Å²) < 4.78 is 0. The zero-order valence-corrected chi connectivity index (χ0v) is 11.8. The number of anilines is 1. The molecule has 2 atom stereocenters. The van der Waals surface area contributed by atoms with Gasteiger partial charge in [0.05, 0.1) is 0 Å². The van der Waals surface area contributed by atoms with Crippen LogP contribution in [0.15, 0.2) is 17.3 Å². The lowest BCUT2D eigenvalue weighted by Gasteiger charge is -2.39. The van der Waals surface area contributed by atoms with Crippen molar-refractivity contribution < 1.29 is 5.21 Å². The molecule has 1 aliphatic heterocycles. The van der Waals surface area contributed by atoms with Crippen LogP contribution in [0.5, 0.6) is 0 Å². The van der Waals surface area contributed by atoms with Crippen molar-refractivity contribution in [1.82, 2.24) is 4.98 Å². The number of rotatable bonds is 2. The molecular formula is C14H22N4O. The molecule has 3 N–H and O–H groups in total. The van der Waals surface area contributed by atoms with Gasteiger partial charge >= 0.3 is 0 Å². The van der Waals surface area contributed by atoms with Gasteiger partial charge in [0.25, 0.3) is 0 Å². The summed E-state index contributed by atoms with van der Waals surface area (Å²) in [5, 5.41) is 11.9. The number of nitrogens with zero attached hydrogens (tertiary/aromatic N) is 3. The molecular weight excluding hydrogens is 240 g/mol. The van der Waals surface area contributed by atoms with Gasteiger partial charge in [-0.15, -0.1) is 0 Å². The zero-order valence-electron chi connectivity index (χ0n) is 11.8. The molecule has 1 fully saturated rings. The molecule has 0 aromatic carbocycles. The van der Waals surface area contributed by atoms with E-state index >= 15 is 0 Å². The quantitative estimate of drug-likeness (QED) is 0.370. The molecule has 1 aromatic heterocycles. The Morgan fingerprint density at radius 1 is 1.47 bits per heavy atom. The molecule has 1 aliphatic rings. The van der Waals surface area contributed by atoms with Crippen molar-refractivity contribution in [3.05, 3.63) is 23.4 Å². The Labute approximate surface area is 114 Å². The molecule has 0 amide bonds. The van der Waals surface area contributed by atoms with Crippen molar-refractivity contribution >= 4 is 11.7 Å². The fraction of sp³-hybridized carbons (Fsp3) is 0.571. The summed E-state index contributed by atoms with van der Waals surface area (Å²) >= 11 is 0. The minimum Gasteiger partial charge on any atom is -0.409 e. The van der Waals surface area contributed by atoms with Gasteiger partial charge in [0.1, 0.15) is 5.82 Å². The first-order chi connectivity index (χ1) is 9.02. The van der Waals surface area contributed by atoms with Gasteiger partial charge < -0.3 is 15.8 Å². The fourth-order valence-corrected chi connectivity index (χ4v) is 2.66. The van der Waals surface area contributed by atoms with Gasteiger partial charge in [0.15, 0.2) is 5.84 Å². The van der Waals surface area contributed by atoms with Crippen LogP contribution >= 0.6 is 0 Å². The van der Waals surface area contributed by atoms with E-state index in [1.54, 1.807) is 0 Å². The highest BCUT2D eigenvalue weighted by atomic mass is 16.4. The van der Waals surface area contributed by atoms with Crippen LogP contribution in [-0.2, 0) is 0 Å². The molecule has 5 nitrogen and oxygen atoms in total. The second-order valence-electron chi connectivity index (χ2n) is 5.39. The van der Waals surface area contributed by atoms with Crippen LogP contribution in [0.1, 0.15) is 37.9 Å². The highest BCUT2D eigenvalue weighted by molar-refractivity contribution is 5.97. The van der Waals surface area contributed by atoms with E-state index in [2.05, 4.69) is 28.9 Å². The second kappa shape index (κ2) is 5.47. The Balaban J connectivity index is 2.36. The smallest absolute Gasteiger partial charge is 0.170 e. The van der Waals surface area contributed by atoms with Gasteiger partial charge in [-0.2, -0.15) is 0 Å². The lowest BCUT2D eigenvalue weighted by molar-refractivity contribution is 0.318. The van der Waals surface area contributed by atoms with Crippen LogP contribution in [0, 0.1) is 12.8 Å². The maximum absolute atomic E-state index is 8.80. The first kappa shape index (κ1) is 13.6. The van der Waals surface area contributed by atoms with Crippen molar-refractivity contribution in [2.45, 2.75) is 39.7 Å². The van der Waals surface area contributed by atoms with E-state index in [1.165, 1.54) is 12.8 Å². The van der Waals surface area contributed by atoms with E-state index in [1.807, 2.05) is 19.1 Å². The number of aromatic nitrogens is 1. The summed E-state index contributed by atoms with van der Waals surface area (Å²) in [7, 11) is 0. The Kier molecular flexibility index (Phi) is 3.93. The average molecular weight is 262 g/mol. The van der Waals surface area contributed by atoms with Gasteiger partial charge in [0.2, 0.25) is 0 Å². The third-order valence-corrected chi connectivity index (χ3v) is 4.01. The van der Waals surface area contributed by atoms with Crippen molar-refractivity contribution in [1.29, 1.82) is 0 Å². The number of oxime groups is 1. The summed E-state index contributed by atoms with van der Waals surface area (Å²) in [6.07, 6.45) is 2.44. The van der Waals surface area contributed by atoms with Crippen molar-refractivity contribution in [3.8, 4) is 0 Å². The number of hydrogen-bond acceptors (Lipinski definition) is 4. The first-order valence-electron chi connectivity index (χ1n) is 6.76. The highest BCUT2D eigenvalue weighted by Crippen LogP contribution is 2.27. The normalized spacial score (nSPS) is 24.6. The number of hydrogen-bond donors (Lipinski definition) is 2. The standard InChI is InChI=1S/C14H22N4O/c1-9-5-4-6-18(11(9)3)13-8-12(14(15)17-19)7-10(2)16-13/h7-9,11,19H,4-6H2,1-3H3,(H2,15,17). The lowest BCUT2D eigenvalue weighted by atomic mass is 9.92. The monoisotopic (exact) mass is 262 g/mol.